The standard InChI is InChI=1S/C11H13BrIN/c12-8-5-6-10(13)11(7-8)14-9-3-1-2-4-9/h5-7,9,14H,1-4H2. The molecule has 0 atom stereocenters. The van der Waals surface area contributed by atoms with Gasteiger partial charge in [-0.15, -0.1) is 0 Å². The van der Waals surface area contributed by atoms with Crippen LogP contribution in [-0.2, 0) is 0 Å². The van der Waals surface area contributed by atoms with Crippen LogP contribution in [0.3, 0.4) is 0 Å². The summed E-state index contributed by atoms with van der Waals surface area (Å²) < 4.78 is 2.45. The van der Waals surface area contributed by atoms with Crippen molar-refractivity contribution in [2.24, 2.45) is 0 Å². The van der Waals surface area contributed by atoms with E-state index in [-0.39, 0.29) is 0 Å². The molecular weight excluding hydrogens is 353 g/mol. The van der Waals surface area contributed by atoms with Gasteiger partial charge in [0.2, 0.25) is 0 Å². The summed E-state index contributed by atoms with van der Waals surface area (Å²) in [7, 11) is 0. The third-order valence-electron chi connectivity index (χ3n) is 2.64. The molecule has 1 nitrogen and oxygen atoms in total. The lowest BCUT2D eigenvalue weighted by Crippen LogP contribution is -2.15. The SMILES string of the molecule is Brc1ccc(I)c(NC2CCCC2)c1. The summed E-state index contributed by atoms with van der Waals surface area (Å²) in [5.41, 5.74) is 1.27. The number of rotatable bonds is 2. The highest BCUT2D eigenvalue weighted by atomic mass is 127. The Hall–Kier alpha value is 0.230. The molecule has 2 rings (SSSR count). The van der Waals surface area contributed by atoms with E-state index in [1.807, 2.05) is 0 Å². The van der Waals surface area contributed by atoms with Gasteiger partial charge in [0.15, 0.2) is 0 Å². The van der Waals surface area contributed by atoms with Crippen LogP contribution in [0.2, 0.25) is 0 Å². The summed E-state index contributed by atoms with van der Waals surface area (Å²) in [4.78, 5) is 0. The van der Waals surface area contributed by atoms with Crippen LogP contribution in [0.25, 0.3) is 0 Å². The molecule has 0 saturated heterocycles. The van der Waals surface area contributed by atoms with Crippen molar-refractivity contribution in [2.75, 3.05) is 5.32 Å². The smallest absolute Gasteiger partial charge is 0.0489 e. The van der Waals surface area contributed by atoms with Gasteiger partial charge in [0.05, 0.1) is 0 Å². The van der Waals surface area contributed by atoms with E-state index in [4.69, 9.17) is 0 Å². The minimum Gasteiger partial charge on any atom is -0.381 e. The first kappa shape index (κ1) is 10.7. The number of anilines is 1. The summed E-state index contributed by atoms with van der Waals surface area (Å²) in [5.74, 6) is 0. The summed E-state index contributed by atoms with van der Waals surface area (Å²) in [6.07, 6.45) is 5.40. The van der Waals surface area contributed by atoms with Crippen LogP contribution in [0, 0.1) is 3.57 Å². The second-order valence-electron chi connectivity index (χ2n) is 3.75. The molecule has 1 saturated carbocycles. The van der Waals surface area contributed by atoms with Crippen LogP contribution in [0.1, 0.15) is 25.7 Å². The Balaban J connectivity index is 2.10. The van der Waals surface area contributed by atoms with E-state index in [2.05, 4.69) is 62.0 Å². The second kappa shape index (κ2) is 4.84. The Morgan fingerprint density at radius 1 is 1.29 bits per heavy atom. The second-order valence-corrected chi connectivity index (χ2v) is 5.83. The highest BCUT2D eigenvalue weighted by Gasteiger charge is 2.15. The van der Waals surface area contributed by atoms with Crippen molar-refractivity contribution in [1.82, 2.24) is 0 Å². The molecule has 0 spiro atoms. The highest BCUT2D eigenvalue weighted by molar-refractivity contribution is 14.1. The van der Waals surface area contributed by atoms with Gasteiger partial charge in [0.25, 0.3) is 0 Å². The molecule has 1 N–H and O–H groups in total. The molecular formula is C11H13BrIN. The van der Waals surface area contributed by atoms with Gasteiger partial charge in [0.1, 0.15) is 0 Å². The molecule has 0 heterocycles. The van der Waals surface area contributed by atoms with E-state index < -0.39 is 0 Å². The van der Waals surface area contributed by atoms with E-state index in [1.54, 1.807) is 0 Å². The molecule has 0 bridgehead atoms. The van der Waals surface area contributed by atoms with E-state index in [9.17, 15) is 0 Å². The van der Waals surface area contributed by atoms with Gasteiger partial charge >= 0.3 is 0 Å². The van der Waals surface area contributed by atoms with E-state index in [1.165, 1.54) is 34.9 Å². The summed E-state index contributed by atoms with van der Waals surface area (Å²) in [5, 5.41) is 3.61. The summed E-state index contributed by atoms with van der Waals surface area (Å²) in [6.45, 7) is 0. The highest BCUT2D eigenvalue weighted by Crippen LogP contribution is 2.27. The van der Waals surface area contributed by atoms with Crippen molar-refractivity contribution in [3.05, 3.63) is 26.2 Å². The zero-order valence-corrected chi connectivity index (χ0v) is 11.6. The number of benzene rings is 1. The molecule has 0 radical (unpaired) electrons. The molecule has 1 aromatic carbocycles. The number of hydrogen-bond donors (Lipinski definition) is 1. The summed E-state index contributed by atoms with van der Waals surface area (Å²) in [6, 6.07) is 7.08. The first-order valence-corrected chi connectivity index (χ1v) is 6.84. The van der Waals surface area contributed by atoms with Crippen LogP contribution < -0.4 is 5.32 Å². The van der Waals surface area contributed by atoms with Crippen molar-refractivity contribution >= 4 is 44.2 Å². The Morgan fingerprint density at radius 3 is 2.71 bits per heavy atom. The maximum Gasteiger partial charge on any atom is 0.0489 e. The van der Waals surface area contributed by atoms with Gasteiger partial charge in [-0.2, -0.15) is 0 Å². The Kier molecular flexibility index (Phi) is 3.71. The predicted molar refractivity (Wildman–Crippen MR) is 72.7 cm³/mol. The predicted octanol–water partition coefficient (Wildman–Crippen LogP) is 4.41. The summed E-state index contributed by atoms with van der Waals surface area (Å²) >= 11 is 5.88. The minimum atomic E-state index is 0.692. The molecule has 0 unspecified atom stereocenters. The van der Waals surface area contributed by atoms with Gasteiger partial charge in [0, 0.05) is 19.8 Å². The van der Waals surface area contributed by atoms with Crippen LogP contribution in [0.5, 0.6) is 0 Å². The molecule has 1 aromatic rings. The molecule has 0 amide bonds. The molecule has 0 aromatic heterocycles. The molecule has 3 heteroatoms. The molecule has 0 aliphatic heterocycles. The van der Waals surface area contributed by atoms with E-state index >= 15 is 0 Å². The molecule has 1 aliphatic carbocycles. The fourth-order valence-electron chi connectivity index (χ4n) is 1.90. The van der Waals surface area contributed by atoms with Crippen molar-refractivity contribution in [2.45, 2.75) is 31.7 Å². The third-order valence-corrected chi connectivity index (χ3v) is 4.08. The van der Waals surface area contributed by atoms with Crippen molar-refractivity contribution in [3.63, 3.8) is 0 Å². The average Bonchev–Trinajstić information content (AvgIpc) is 2.64. The molecule has 1 aliphatic rings. The van der Waals surface area contributed by atoms with Crippen LogP contribution in [-0.4, -0.2) is 6.04 Å². The van der Waals surface area contributed by atoms with Crippen molar-refractivity contribution in [1.29, 1.82) is 0 Å². The van der Waals surface area contributed by atoms with Gasteiger partial charge in [-0.1, -0.05) is 28.8 Å². The number of hydrogen-bond acceptors (Lipinski definition) is 1. The third kappa shape index (κ3) is 2.63. The Labute approximate surface area is 107 Å². The number of nitrogens with one attached hydrogen (secondary N) is 1. The van der Waals surface area contributed by atoms with Gasteiger partial charge < -0.3 is 5.32 Å². The van der Waals surface area contributed by atoms with Gasteiger partial charge in [-0.3, -0.25) is 0 Å². The fourth-order valence-corrected chi connectivity index (χ4v) is 2.75. The lowest BCUT2D eigenvalue weighted by atomic mass is 10.2. The van der Waals surface area contributed by atoms with Crippen LogP contribution in [0.15, 0.2) is 22.7 Å². The average molecular weight is 366 g/mol. The fraction of sp³-hybridized carbons (Fsp3) is 0.455. The lowest BCUT2D eigenvalue weighted by molar-refractivity contribution is 0.755. The first-order chi connectivity index (χ1) is 6.75. The minimum absolute atomic E-state index is 0.692. The Morgan fingerprint density at radius 2 is 2.00 bits per heavy atom. The van der Waals surface area contributed by atoms with E-state index in [0.29, 0.717) is 6.04 Å². The maximum absolute atomic E-state index is 3.61. The van der Waals surface area contributed by atoms with Crippen LogP contribution >= 0.6 is 38.5 Å². The van der Waals surface area contributed by atoms with Crippen molar-refractivity contribution in [3.8, 4) is 0 Å². The maximum atomic E-state index is 3.61. The monoisotopic (exact) mass is 365 g/mol. The van der Waals surface area contributed by atoms with Crippen molar-refractivity contribution < 1.29 is 0 Å². The van der Waals surface area contributed by atoms with E-state index in [0.717, 1.165) is 4.47 Å². The molecule has 76 valence electrons. The van der Waals surface area contributed by atoms with Gasteiger partial charge in [-0.05, 0) is 53.6 Å². The quantitative estimate of drug-likeness (QED) is 0.765. The van der Waals surface area contributed by atoms with Crippen LogP contribution in [0.4, 0.5) is 5.69 Å². The normalized spacial score (nSPS) is 17.3. The molecule has 14 heavy (non-hydrogen) atoms. The van der Waals surface area contributed by atoms with Gasteiger partial charge in [-0.25, -0.2) is 0 Å². The largest absolute Gasteiger partial charge is 0.381 e. The lowest BCUT2D eigenvalue weighted by Gasteiger charge is -2.15. The topological polar surface area (TPSA) is 12.0 Å². The Bertz CT molecular complexity index is 321. The zero-order chi connectivity index (χ0) is 9.97. The number of halogens is 2. The zero-order valence-electron chi connectivity index (χ0n) is 7.89. The first-order valence-electron chi connectivity index (χ1n) is 4.97. The molecule has 1 fully saturated rings.